The zero-order valence-corrected chi connectivity index (χ0v) is 11.6. The quantitative estimate of drug-likeness (QED) is 0.775. The smallest absolute Gasteiger partial charge is 0.0761 e. The summed E-state index contributed by atoms with van der Waals surface area (Å²) in [4.78, 5) is 4.77. The lowest BCUT2D eigenvalue weighted by molar-refractivity contribution is 1.05. The van der Waals surface area contributed by atoms with Crippen molar-refractivity contribution in [3.8, 4) is 0 Å². The Morgan fingerprint density at radius 3 is 2.55 bits per heavy atom. The fraction of sp³-hybridized carbons (Fsp3) is 0.167. The average Bonchev–Trinajstić information content (AvgIpc) is 2.49. The van der Waals surface area contributed by atoms with Crippen molar-refractivity contribution >= 4 is 16.6 Å². The molecular formula is C18H18N2. The molecule has 0 fully saturated rings. The van der Waals surface area contributed by atoms with Gasteiger partial charge in [-0.15, -0.1) is 0 Å². The van der Waals surface area contributed by atoms with Gasteiger partial charge < -0.3 is 5.73 Å². The molecule has 0 atom stereocenters. The maximum Gasteiger partial charge on any atom is 0.0761 e. The van der Waals surface area contributed by atoms with E-state index in [1.807, 2.05) is 18.2 Å². The van der Waals surface area contributed by atoms with Crippen molar-refractivity contribution in [1.82, 2.24) is 4.98 Å². The molecule has 0 radical (unpaired) electrons. The first-order chi connectivity index (χ1) is 9.78. The van der Waals surface area contributed by atoms with Crippen LogP contribution in [0.4, 0.5) is 5.69 Å². The van der Waals surface area contributed by atoms with E-state index in [0.717, 1.165) is 35.1 Å². The van der Waals surface area contributed by atoms with Crippen molar-refractivity contribution in [3.63, 3.8) is 0 Å². The number of anilines is 1. The van der Waals surface area contributed by atoms with Crippen LogP contribution in [0, 0.1) is 0 Å². The van der Waals surface area contributed by atoms with Gasteiger partial charge in [-0.05, 0) is 30.0 Å². The van der Waals surface area contributed by atoms with Gasteiger partial charge in [0.05, 0.1) is 5.52 Å². The molecule has 3 rings (SSSR count). The van der Waals surface area contributed by atoms with Crippen molar-refractivity contribution < 1.29 is 0 Å². The van der Waals surface area contributed by atoms with Crippen molar-refractivity contribution in [2.24, 2.45) is 0 Å². The highest BCUT2D eigenvalue weighted by atomic mass is 14.7. The van der Waals surface area contributed by atoms with Gasteiger partial charge in [-0.1, -0.05) is 55.5 Å². The minimum atomic E-state index is 0.821. The molecule has 0 aliphatic heterocycles. The Morgan fingerprint density at radius 2 is 1.80 bits per heavy atom. The summed E-state index contributed by atoms with van der Waals surface area (Å²) in [5.74, 6) is 0. The van der Waals surface area contributed by atoms with Gasteiger partial charge in [0.2, 0.25) is 0 Å². The Hall–Kier alpha value is -2.35. The molecule has 3 aromatic rings. The van der Waals surface area contributed by atoms with Crippen LogP contribution in [0.1, 0.15) is 23.7 Å². The molecule has 20 heavy (non-hydrogen) atoms. The van der Waals surface area contributed by atoms with Gasteiger partial charge in [-0.25, -0.2) is 0 Å². The van der Waals surface area contributed by atoms with E-state index in [1.165, 1.54) is 11.1 Å². The molecule has 100 valence electrons. The van der Waals surface area contributed by atoms with Crippen LogP contribution in [-0.4, -0.2) is 4.98 Å². The van der Waals surface area contributed by atoms with Crippen molar-refractivity contribution in [1.29, 1.82) is 0 Å². The number of rotatable bonds is 3. The number of benzene rings is 2. The first kappa shape index (κ1) is 12.7. The SMILES string of the molecule is CCc1cc(N)c2cccc(Cc3ccccc3)c2n1. The highest BCUT2D eigenvalue weighted by Crippen LogP contribution is 2.25. The lowest BCUT2D eigenvalue weighted by Gasteiger charge is -2.10. The summed E-state index contributed by atoms with van der Waals surface area (Å²) in [6, 6.07) is 18.7. The van der Waals surface area contributed by atoms with E-state index in [9.17, 15) is 0 Å². The van der Waals surface area contributed by atoms with E-state index in [4.69, 9.17) is 10.7 Å². The van der Waals surface area contributed by atoms with Gasteiger partial charge in [-0.3, -0.25) is 4.98 Å². The number of pyridine rings is 1. The Balaban J connectivity index is 2.13. The Labute approximate surface area is 119 Å². The zero-order chi connectivity index (χ0) is 13.9. The van der Waals surface area contributed by atoms with Crippen LogP contribution in [0.3, 0.4) is 0 Å². The summed E-state index contributed by atoms with van der Waals surface area (Å²) in [7, 11) is 0. The van der Waals surface area contributed by atoms with Crippen molar-refractivity contribution in [2.75, 3.05) is 5.73 Å². The standard InChI is InChI=1S/C18H18N2/c1-2-15-12-17(19)16-10-6-9-14(18(16)20-15)11-13-7-4-3-5-8-13/h3-10,12H,2,11H2,1H3,(H2,19,20). The number of aromatic nitrogens is 1. The Kier molecular flexibility index (Phi) is 3.38. The molecule has 2 heteroatoms. The third-order valence-corrected chi connectivity index (χ3v) is 3.61. The topological polar surface area (TPSA) is 38.9 Å². The molecule has 0 aliphatic carbocycles. The lowest BCUT2D eigenvalue weighted by Crippen LogP contribution is -1.98. The second-order valence-electron chi connectivity index (χ2n) is 5.03. The van der Waals surface area contributed by atoms with Crippen LogP contribution in [-0.2, 0) is 12.8 Å². The number of hydrogen-bond acceptors (Lipinski definition) is 2. The molecule has 1 heterocycles. The predicted molar refractivity (Wildman–Crippen MR) is 84.8 cm³/mol. The molecule has 0 spiro atoms. The summed E-state index contributed by atoms with van der Waals surface area (Å²) in [6.45, 7) is 2.10. The van der Waals surface area contributed by atoms with Crippen LogP contribution in [0.15, 0.2) is 54.6 Å². The van der Waals surface area contributed by atoms with E-state index in [-0.39, 0.29) is 0 Å². The van der Waals surface area contributed by atoms with E-state index >= 15 is 0 Å². The van der Waals surface area contributed by atoms with E-state index in [0.29, 0.717) is 0 Å². The molecular weight excluding hydrogens is 244 g/mol. The van der Waals surface area contributed by atoms with Gasteiger partial charge in [0.1, 0.15) is 0 Å². The normalized spacial score (nSPS) is 10.8. The van der Waals surface area contributed by atoms with E-state index in [1.54, 1.807) is 0 Å². The lowest BCUT2D eigenvalue weighted by atomic mass is 10.0. The van der Waals surface area contributed by atoms with Crippen LogP contribution in [0.25, 0.3) is 10.9 Å². The first-order valence-corrected chi connectivity index (χ1v) is 6.99. The van der Waals surface area contributed by atoms with Crippen molar-refractivity contribution in [2.45, 2.75) is 19.8 Å². The minimum Gasteiger partial charge on any atom is -0.398 e. The molecule has 2 aromatic carbocycles. The summed E-state index contributed by atoms with van der Waals surface area (Å²) in [5.41, 5.74) is 11.6. The monoisotopic (exact) mass is 262 g/mol. The number of nitrogen functional groups attached to an aromatic ring is 1. The highest BCUT2D eigenvalue weighted by Gasteiger charge is 2.07. The predicted octanol–water partition coefficient (Wildman–Crippen LogP) is 3.97. The number of aryl methyl sites for hydroxylation is 1. The van der Waals surface area contributed by atoms with Gasteiger partial charge in [-0.2, -0.15) is 0 Å². The second kappa shape index (κ2) is 5.33. The van der Waals surface area contributed by atoms with Crippen LogP contribution >= 0.6 is 0 Å². The average molecular weight is 262 g/mol. The molecule has 0 bridgehead atoms. The fourth-order valence-corrected chi connectivity index (χ4v) is 2.53. The fourth-order valence-electron chi connectivity index (χ4n) is 2.53. The van der Waals surface area contributed by atoms with Gasteiger partial charge in [0.15, 0.2) is 0 Å². The summed E-state index contributed by atoms with van der Waals surface area (Å²) >= 11 is 0. The van der Waals surface area contributed by atoms with E-state index in [2.05, 4.69) is 43.3 Å². The molecule has 2 nitrogen and oxygen atoms in total. The summed E-state index contributed by atoms with van der Waals surface area (Å²) in [6.07, 6.45) is 1.79. The number of hydrogen-bond donors (Lipinski definition) is 1. The molecule has 0 unspecified atom stereocenters. The zero-order valence-electron chi connectivity index (χ0n) is 11.6. The molecule has 0 aliphatic rings. The van der Waals surface area contributed by atoms with E-state index < -0.39 is 0 Å². The maximum absolute atomic E-state index is 6.15. The Bertz CT molecular complexity index is 733. The highest BCUT2D eigenvalue weighted by molar-refractivity contribution is 5.92. The second-order valence-corrected chi connectivity index (χ2v) is 5.03. The third kappa shape index (κ3) is 2.37. The number of nitrogens with zero attached hydrogens (tertiary/aromatic N) is 1. The molecule has 2 N–H and O–H groups in total. The summed E-state index contributed by atoms with van der Waals surface area (Å²) < 4.78 is 0. The molecule has 0 saturated heterocycles. The van der Waals surface area contributed by atoms with Gasteiger partial charge in [0, 0.05) is 16.8 Å². The van der Waals surface area contributed by atoms with Crippen LogP contribution < -0.4 is 5.73 Å². The number of nitrogens with two attached hydrogens (primary N) is 1. The van der Waals surface area contributed by atoms with Gasteiger partial charge >= 0.3 is 0 Å². The number of fused-ring (bicyclic) bond motifs is 1. The largest absolute Gasteiger partial charge is 0.398 e. The maximum atomic E-state index is 6.15. The molecule has 1 aromatic heterocycles. The van der Waals surface area contributed by atoms with Gasteiger partial charge in [0.25, 0.3) is 0 Å². The van der Waals surface area contributed by atoms with Crippen LogP contribution in [0.5, 0.6) is 0 Å². The molecule has 0 amide bonds. The summed E-state index contributed by atoms with van der Waals surface area (Å²) in [5, 5.41) is 1.05. The first-order valence-electron chi connectivity index (χ1n) is 6.99. The third-order valence-electron chi connectivity index (χ3n) is 3.61. The van der Waals surface area contributed by atoms with Crippen LogP contribution in [0.2, 0.25) is 0 Å². The Morgan fingerprint density at radius 1 is 1.00 bits per heavy atom. The van der Waals surface area contributed by atoms with Crippen molar-refractivity contribution in [3.05, 3.63) is 71.4 Å². The molecule has 0 saturated carbocycles. The number of para-hydroxylation sites is 1. The minimum absolute atomic E-state index is 0.821.